The van der Waals surface area contributed by atoms with E-state index in [9.17, 15) is 14.7 Å². The highest BCUT2D eigenvalue weighted by Gasteiger charge is 2.25. The lowest BCUT2D eigenvalue weighted by atomic mass is 10.00. The van der Waals surface area contributed by atoms with E-state index >= 15 is 0 Å². The average molecular weight is 471 g/mol. The zero-order valence-corrected chi connectivity index (χ0v) is 19.6. The van der Waals surface area contributed by atoms with Crippen LogP contribution in [0.4, 0.5) is 16.2 Å². The van der Waals surface area contributed by atoms with Gasteiger partial charge in [0.25, 0.3) is 5.91 Å². The van der Waals surface area contributed by atoms with E-state index in [1.165, 1.54) is 16.7 Å². The zero-order valence-electron chi connectivity index (χ0n) is 19.6. The Morgan fingerprint density at radius 3 is 2.49 bits per heavy atom. The fourth-order valence-electron chi connectivity index (χ4n) is 4.89. The summed E-state index contributed by atoms with van der Waals surface area (Å²) in [5.74, 6) is -0.0856. The van der Waals surface area contributed by atoms with Gasteiger partial charge >= 0.3 is 6.03 Å². The molecular formula is C28H30N4O3. The first-order valence-electron chi connectivity index (χ1n) is 12.1. The molecule has 3 aromatic carbocycles. The van der Waals surface area contributed by atoms with Crippen LogP contribution in [0.1, 0.15) is 27.0 Å². The van der Waals surface area contributed by atoms with Crippen molar-refractivity contribution < 1.29 is 14.7 Å². The summed E-state index contributed by atoms with van der Waals surface area (Å²) in [6, 6.07) is 22.8. The van der Waals surface area contributed by atoms with Crippen LogP contribution in [0.5, 0.6) is 0 Å². The van der Waals surface area contributed by atoms with Crippen molar-refractivity contribution in [3.05, 3.63) is 95.1 Å². The number of hydrogen-bond donors (Lipinski definition) is 3. The number of nitrogens with zero attached hydrogens (tertiary/aromatic N) is 2. The monoisotopic (exact) mass is 470 g/mol. The van der Waals surface area contributed by atoms with Crippen molar-refractivity contribution in [3.63, 3.8) is 0 Å². The topological polar surface area (TPSA) is 84.9 Å². The Kier molecular flexibility index (Phi) is 6.79. The summed E-state index contributed by atoms with van der Waals surface area (Å²) in [4.78, 5) is 29.5. The Bertz CT molecular complexity index is 1230. The quantitative estimate of drug-likeness (QED) is 0.515. The van der Waals surface area contributed by atoms with Crippen LogP contribution in [0.25, 0.3) is 0 Å². The standard InChI is InChI=1S/C28H30N4O3/c33-25(19-31-14-12-20-6-1-2-8-23(20)18-31)17-29-28(35)30-24-10-5-9-22(16-24)27(34)32-15-13-21-7-3-4-11-26(21)32/h1-11,16,25,33H,12-15,17-19H2,(H2,29,30,35). The number of carbonyl (C=O) groups is 2. The molecule has 2 aliphatic rings. The molecular weight excluding hydrogens is 440 g/mol. The molecule has 0 bridgehead atoms. The highest BCUT2D eigenvalue weighted by molar-refractivity contribution is 6.08. The fourth-order valence-corrected chi connectivity index (χ4v) is 4.89. The van der Waals surface area contributed by atoms with Gasteiger partial charge in [-0.2, -0.15) is 0 Å². The number of benzene rings is 3. The van der Waals surface area contributed by atoms with E-state index < -0.39 is 12.1 Å². The molecule has 3 amide bonds. The summed E-state index contributed by atoms with van der Waals surface area (Å²) >= 11 is 0. The number of amides is 3. The van der Waals surface area contributed by atoms with Gasteiger partial charge in [0.1, 0.15) is 0 Å². The number of rotatable bonds is 6. The van der Waals surface area contributed by atoms with E-state index in [4.69, 9.17) is 0 Å². The first-order valence-corrected chi connectivity index (χ1v) is 12.1. The van der Waals surface area contributed by atoms with Gasteiger partial charge in [0.05, 0.1) is 6.10 Å². The normalized spacial score (nSPS) is 15.7. The van der Waals surface area contributed by atoms with Crippen LogP contribution in [0.15, 0.2) is 72.8 Å². The Morgan fingerprint density at radius 2 is 1.63 bits per heavy atom. The smallest absolute Gasteiger partial charge is 0.319 e. The Balaban J connectivity index is 1.12. The molecule has 7 heteroatoms. The minimum absolute atomic E-state index is 0.0856. The molecule has 35 heavy (non-hydrogen) atoms. The molecule has 0 fully saturated rings. The lowest BCUT2D eigenvalue weighted by molar-refractivity contribution is 0.0989. The second-order valence-electron chi connectivity index (χ2n) is 9.16. The molecule has 0 saturated heterocycles. The van der Waals surface area contributed by atoms with Crippen LogP contribution in [0.3, 0.4) is 0 Å². The lowest BCUT2D eigenvalue weighted by Crippen LogP contribution is -2.43. The molecule has 3 aromatic rings. The lowest BCUT2D eigenvalue weighted by Gasteiger charge is -2.30. The van der Waals surface area contributed by atoms with Gasteiger partial charge < -0.3 is 20.6 Å². The van der Waals surface area contributed by atoms with Crippen LogP contribution in [0.2, 0.25) is 0 Å². The van der Waals surface area contributed by atoms with Crippen LogP contribution in [0, 0.1) is 0 Å². The number of nitrogens with one attached hydrogen (secondary N) is 2. The average Bonchev–Trinajstić information content (AvgIpc) is 3.31. The Hall–Kier alpha value is -3.68. The van der Waals surface area contributed by atoms with Gasteiger partial charge in [0.2, 0.25) is 0 Å². The minimum atomic E-state index is -0.672. The molecule has 3 N–H and O–H groups in total. The van der Waals surface area contributed by atoms with Crippen molar-refractivity contribution in [1.82, 2.24) is 10.2 Å². The van der Waals surface area contributed by atoms with Crippen molar-refractivity contribution in [2.45, 2.75) is 25.5 Å². The number of β-amino-alcohol motifs (C(OH)–C–C–N with tert-alkyl or cyclic N) is 1. The van der Waals surface area contributed by atoms with E-state index in [0.717, 1.165) is 31.6 Å². The van der Waals surface area contributed by atoms with Gasteiger partial charge in [0.15, 0.2) is 0 Å². The third kappa shape index (κ3) is 5.37. The largest absolute Gasteiger partial charge is 0.390 e. The second-order valence-corrected chi connectivity index (χ2v) is 9.16. The molecule has 2 heterocycles. The van der Waals surface area contributed by atoms with Crippen molar-refractivity contribution in [2.75, 3.05) is 36.4 Å². The summed E-state index contributed by atoms with van der Waals surface area (Å²) in [6.07, 6.45) is 1.14. The third-order valence-electron chi connectivity index (χ3n) is 6.68. The Labute approximate surface area is 205 Å². The van der Waals surface area contributed by atoms with Crippen molar-refractivity contribution >= 4 is 23.3 Å². The van der Waals surface area contributed by atoms with Crippen LogP contribution < -0.4 is 15.5 Å². The first-order chi connectivity index (χ1) is 17.1. The number of hydrogen-bond acceptors (Lipinski definition) is 4. The number of carbonyl (C=O) groups excluding carboxylic acids is 2. The van der Waals surface area contributed by atoms with Crippen molar-refractivity contribution in [1.29, 1.82) is 0 Å². The number of para-hydroxylation sites is 1. The van der Waals surface area contributed by atoms with Gasteiger partial charge in [-0.05, 0) is 53.8 Å². The van der Waals surface area contributed by atoms with Crippen LogP contribution >= 0.6 is 0 Å². The molecule has 7 nitrogen and oxygen atoms in total. The van der Waals surface area contributed by atoms with Gasteiger partial charge in [-0.25, -0.2) is 4.79 Å². The molecule has 180 valence electrons. The van der Waals surface area contributed by atoms with Crippen LogP contribution in [-0.4, -0.2) is 54.2 Å². The first kappa shape index (κ1) is 23.1. The molecule has 0 saturated carbocycles. The minimum Gasteiger partial charge on any atom is -0.390 e. The fraction of sp³-hybridized carbons (Fsp3) is 0.286. The number of aliphatic hydroxyl groups is 1. The molecule has 1 unspecified atom stereocenters. The maximum absolute atomic E-state index is 13.1. The second kappa shape index (κ2) is 10.3. The number of anilines is 2. The van der Waals surface area contributed by atoms with E-state index in [1.807, 2.05) is 30.3 Å². The summed E-state index contributed by atoms with van der Waals surface area (Å²) in [7, 11) is 0. The number of urea groups is 1. The molecule has 5 rings (SSSR count). The SMILES string of the molecule is O=C(NCC(O)CN1CCc2ccccc2C1)Nc1cccc(C(=O)N2CCc3ccccc32)c1. The van der Waals surface area contributed by atoms with E-state index in [2.05, 4.69) is 33.7 Å². The molecule has 0 radical (unpaired) electrons. The molecule has 2 aliphatic heterocycles. The number of aliphatic hydroxyl groups excluding tert-OH is 1. The van der Waals surface area contributed by atoms with Gasteiger partial charge in [-0.3, -0.25) is 9.69 Å². The third-order valence-corrected chi connectivity index (χ3v) is 6.68. The number of fused-ring (bicyclic) bond motifs is 2. The van der Waals surface area contributed by atoms with Gasteiger partial charge in [0, 0.05) is 49.7 Å². The summed E-state index contributed by atoms with van der Waals surface area (Å²) in [5.41, 5.74) is 5.82. The maximum atomic E-state index is 13.1. The molecule has 1 atom stereocenters. The van der Waals surface area contributed by atoms with Crippen molar-refractivity contribution in [2.24, 2.45) is 0 Å². The van der Waals surface area contributed by atoms with E-state index in [-0.39, 0.29) is 12.5 Å². The zero-order chi connectivity index (χ0) is 24.2. The summed E-state index contributed by atoms with van der Waals surface area (Å²) in [6.45, 7) is 2.99. The highest BCUT2D eigenvalue weighted by atomic mass is 16.3. The molecule has 0 spiro atoms. The van der Waals surface area contributed by atoms with E-state index in [0.29, 0.717) is 24.3 Å². The van der Waals surface area contributed by atoms with Crippen LogP contribution in [-0.2, 0) is 19.4 Å². The van der Waals surface area contributed by atoms with Crippen molar-refractivity contribution in [3.8, 4) is 0 Å². The maximum Gasteiger partial charge on any atom is 0.319 e. The summed E-state index contributed by atoms with van der Waals surface area (Å²) in [5, 5.41) is 16.0. The highest BCUT2D eigenvalue weighted by Crippen LogP contribution is 2.29. The molecule has 0 aromatic heterocycles. The predicted molar refractivity (Wildman–Crippen MR) is 137 cm³/mol. The van der Waals surface area contributed by atoms with Gasteiger partial charge in [-0.1, -0.05) is 48.5 Å². The van der Waals surface area contributed by atoms with Gasteiger partial charge in [-0.15, -0.1) is 0 Å². The van der Waals surface area contributed by atoms with E-state index in [1.54, 1.807) is 29.2 Å². The molecule has 0 aliphatic carbocycles. The summed E-state index contributed by atoms with van der Waals surface area (Å²) < 4.78 is 0. The predicted octanol–water partition coefficient (Wildman–Crippen LogP) is 3.43. The Morgan fingerprint density at radius 1 is 0.886 bits per heavy atom.